The van der Waals surface area contributed by atoms with Crippen LogP contribution >= 0.6 is 11.6 Å². The summed E-state index contributed by atoms with van der Waals surface area (Å²) < 4.78 is 25.6. The summed E-state index contributed by atoms with van der Waals surface area (Å²) in [5, 5.41) is 2.46. The molecule has 2 aliphatic rings. The first-order valence-corrected chi connectivity index (χ1v) is 14.3. The molecular formula is C29H34ClNO3S. The lowest BCUT2D eigenvalue weighted by molar-refractivity contribution is -0.119. The quantitative estimate of drug-likeness (QED) is 0.321. The predicted octanol–water partition coefficient (Wildman–Crippen LogP) is 7.18. The molecule has 0 N–H and O–H groups in total. The highest BCUT2D eigenvalue weighted by atomic mass is 35.5. The summed E-state index contributed by atoms with van der Waals surface area (Å²) in [6, 6.07) is 13.1. The molecule has 186 valence electrons. The fourth-order valence-electron chi connectivity index (χ4n) is 5.37. The van der Waals surface area contributed by atoms with Gasteiger partial charge in [0.15, 0.2) is 9.84 Å². The number of pyridine rings is 1. The van der Waals surface area contributed by atoms with Gasteiger partial charge in [0.2, 0.25) is 0 Å². The number of carbonyl (C=O) groups excluding carboxylic acids is 1. The molecule has 1 aromatic heterocycles. The monoisotopic (exact) mass is 511 g/mol. The van der Waals surface area contributed by atoms with Crippen molar-refractivity contribution < 1.29 is 13.2 Å². The normalized spacial score (nSPS) is 20.4. The minimum atomic E-state index is -3.26. The van der Waals surface area contributed by atoms with Gasteiger partial charge in [-0.3, -0.25) is 9.78 Å². The van der Waals surface area contributed by atoms with E-state index in [0.29, 0.717) is 22.3 Å². The Kier molecular flexibility index (Phi) is 7.97. The molecule has 0 bridgehead atoms. The van der Waals surface area contributed by atoms with E-state index in [1.165, 1.54) is 19.3 Å². The van der Waals surface area contributed by atoms with Crippen LogP contribution in [0.2, 0.25) is 5.02 Å². The van der Waals surface area contributed by atoms with Gasteiger partial charge in [0, 0.05) is 35.5 Å². The number of halogens is 1. The number of rotatable bonds is 8. The summed E-state index contributed by atoms with van der Waals surface area (Å²) in [5.74, 6) is 1.18. The number of hydrogen-bond acceptors (Lipinski definition) is 4. The van der Waals surface area contributed by atoms with Crippen LogP contribution in [0, 0.1) is 11.8 Å². The van der Waals surface area contributed by atoms with E-state index in [4.69, 9.17) is 11.6 Å². The zero-order chi connectivity index (χ0) is 23.7. The summed E-state index contributed by atoms with van der Waals surface area (Å²) >= 11 is 6.26. The van der Waals surface area contributed by atoms with Crippen molar-refractivity contribution in [1.82, 2.24) is 4.98 Å². The number of hydrogen-bond donors (Lipinski definition) is 0. The molecule has 4 nitrogen and oxygen atoms in total. The molecule has 0 aliphatic heterocycles. The molecule has 2 atom stereocenters. The molecule has 2 saturated carbocycles. The van der Waals surface area contributed by atoms with Gasteiger partial charge in [-0.1, -0.05) is 75.4 Å². The van der Waals surface area contributed by atoms with E-state index >= 15 is 0 Å². The van der Waals surface area contributed by atoms with Crippen molar-refractivity contribution in [2.24, 2.45) is 11.8 Å². The minimum Gasteiger partial charge on any atom is -0.299 e. The third-order valence-electron chi connectivity index (χ3n) is 7.55. The van der Waals surface area contributed by atoms with E-state index in [-0.39, 0.29) is 30.8 Å². The van der Waals surface area contributed by atoms with Crippen LogP contribution in [0.3, 0.4) is 0 Å². The Labute approximate surface area is 214 Å². The van der Waals surface area contributed by atoms with Crippen molar-refractivity contribution in [3.63, 3.8) is 0 Å². The SMILES string of the molecule is C.O=C(Cc1ccc2cncc(Cl)c2c1)[C@@H]1CC1c1ccc(S(=O)(=O)CCC2CCCCC2)cc1. The number of carbonyl (C=O) groups is 1. The van der Waals surface area contributed by atoms with Crippen molar-refractivity contribution in [2.75, 3.05) is 5.75 Å². The first kappa shape index (κ1) is 25.8. The van der Waals surface area contributed by atoms with Gasteiger partial charge >= 0.3 is 0 Å². The van der Waals surface area contributed by atoms with Crippen LogP contribution in [-0.2, 0) is 21.1 Å². The topological polar surface area (TPSA) is 64.1 Å². The largest absolute Gasteiger partial charge is 0.299 e. The van der Waals surface area contributed by atoms with Crippen molar-refractivity contribution in [1.29, 1.82) is 0 Å². The van der Waals surface area contributed by atoms with Crippen LogP contribution in [0.4, 0.5) is 0 Å². The highest BCUT2D eigenvalue weighted by Crippen LogP contribution is 2.48. The Bertz CT molecular complexity index is 1300. The highest BCUT2D eigenvalue weighted by molar-refractivity contribution is 7.91. The van der Waals surface area contributed by atoms with Gasteiger partial charge in [-0.2, -0.15) is 0 Å². The molecule has 35 heavy (non-hydrogen) atoms. The van der Waals surface area contributed by atoms with Crippen LogP contribution < -0.4 is 0 Å². The Morgan fingerprint density at radius 3 is 2.49 bits per heavy atom. The maximum atomic E-state index is 12.9. The molecule has 0 amide bonds. The van der Waals surface area contributed by atoms with E-state index in [0.717, 1.165) is 47.6 Å². The van der Waals surface area contributed by atoms with Crippen LogP contribution in [-0.4, -0.2) is 24.9 Å². The lowest BCUT2D eigenvalue weighted by Crippen LogP contribution is -2.14. The first-order chi connectivity index (χ1) is 16.4. The summed E-state index contributed by atoms with van der Waals surface area (Å²) in [7, 11) is -3.26. The molecule has 0 radical (unpaired) electrons. The van der Waals surface area contributed by atoms with Crippen molar-refractivity contribution in [3.8, 4) is 0 Å². The van der Waals surface area contributed by atoms with Crippen molar-refractivity contribution in [3.05, 3.63) is 71.0 Å². The second-order valence-corrected chi connectivity index (χ2v) is 12.5. The number of aromatic nitrogens is 1. The van der Waals surface area contributed by atoms with Gasteiger partial charge in [-0.25, -0.2) is 8.42 Å². The Hall–Kier alpha value is -2.24. The van der Waals surface area contributed by atoms with Crippen LogP contribution in [0.1, 0.15) is 69.4 Å². The molecule has 0 saturated heterocycles. The number of fused-ring (bicyclic) bond motifs is 1. The van der Waals surface area contributed by atoms with E-state index in [1.54, 1.807) is 24.5 Å². The number of ketones is 1. The second kappa shape index (κ2) is 10.8. The van der Waals surface area contributed by atoms with E-state index in [9.17, 15) is 13.2 Å². The van der Waals surface area contributed by atoms with Crippen molar-refractivity contribution in [2.45, 2.75) is 69.6 Å². The smallest absolute Gasteiger partial charge is 0.178 e. The first-order valence-electron chi connectivity index (χ1n) is 12.3. The molecule has 0 spiro atoms. The number of Topliss-reactive ketones (excluding diaryl/α,β-unsaturated/α-hetero) is 1. The summed E-state index contributed by atoms with van der Waals surface area (Å²) in [6.45, 7) is 0. The molecule has 1 unspecified atom stereocenters. The summed E-state index contributed by atoms with van der Waals surface area (Å²) in [6.07, 6.45) is 11.4. The van der Waals surface area contributed by atoms with E-state index in [1.807, 2.05) is 30.3 Å². The average molecular weight is 512 g/mol. The Balaban J connectivity index is 0.00000289. The van der Waals surface area contributed by atoms with Gasteiger partial charge in [0.05, 0.1) is 15.7 Å². The zero-order valence-electron chi connectivity index (χ0n) is 19.3. The standard InChI is InChI=1S/C28H30ClNO3S.CH4/c29-27-18-30-17-22-7-6-20(14-25(22)27)15-28(31)26-16-24(26)21-8-10-23(11-9-21)34(32,33)13-12-19-4-2-1-3-5-19;/h6-11,14,17-19,24,26H,1-5,12-13,15-16H2;1H4/t24?,26-;/m1./s1. The molecule has 5 rings (SSSR count). The maximum Gasteiger partial charge on any atom is 0.178 e. The molecule has 2 fully saturated rings. The van der Waals surface area contributed by atoms with Gasteiger partial charge in [-0.15, -0.1) is 0 Å². The third kappa shape index (κ3) is 5.95. The van der Waals surface area contributed by atoms with Gasteiger partial charge in [0.1, 0.15) is 5.78 Å². The van der Waals surface area contributed by atoms with Gasteiger partial charge < -0.3 is 0 Å². The maximum absolute atomic E-state index is 12.9. The molecule has 2 aliphatic carbocycles. The fourth-order valence-corrected chi connectivity index (χ4v) is 7.02. The number of nitrogens with zero attached hydrogens (tertiary/aromatic N) is 1. The predicted molar refractivity (Wildman–Crippen MR) is 143 cm³/mol. The van der Waals surface area contributed by atoms with Gasteiger partial charge in [-0.05, 0) is 54.0 Å². The molecule has 6 heteroatoms. The Morgan fingerprint density at radius 1 is 1.00 bits per heavy atom. The molecular weight excluding hydrogens is 478 g/mol. The molecule has 1 heterocycles. The summed E-state index contributed by atoms with van der Waals surface area (Å²) in [4.78, 5) is 17.4. The highest BCUT2D eigenvalue weighted by Gasteiger charge is 2.43. The molecule has 2 aromatic carbocycles. The van der Waals surface area contributed by atoms with Crippen molar-refractivity contribution >= 4 is 38.0 Å². The lowest BCUT2D eigenvalue weighted by Gasteiger charge is -2.21. The lowest BCUT2D eigenvalue weighted by atomic mass is 9.88. The minimum absolute atomic E-state index is 0. The number of benzene rings is 2. The second-order valence-electron chi connectivity index (χ2n) is 9.95. The van der Waals surface area contributed by atoms with Crippen LogP contribution in [0.15, 0.2) is 59.8 Å². The van der Waals surface area contributed by atoms with Crippen LogP contribution in [0.5, 0.6) is 0 Å². The number of sulfone groups is 1. The average Bonchev–Trinajstić information content (AvgIpc) is 3.65. The fraction of sp³-hybridized carbons (Fsp3) is 0.448. The van der Waals surface area contributed by atoms with Gasteiger partial charge in [0.25, 0.3) is 0 Å². The van der Waals surface area contributed by atoms with E-state index < -0.39 is 9.84 Å². The van der Waals surface area contributed by atoms with Crippen LogP contribution in [0.25, 0.3) is 10.8 Å². The van der Waals surface area contributed by atoms with E-state index in [2.05, 4.69) is 4.98 Å². The Morgan fingerprint density at radius 2 is 1.74 bits per heavy atom. The third-order valence-corrected chi connectivity index (χ3v) is 9.61. The molecule has 3 aromatic rings. The summed E-state index contributed by atoms with van der Waals surface area (Å²) in [5.41, 5.74) is 2.01. The zero-order valence-corrected chi connectivity index (χ0v) is 20.8.